The number of carbonyl (C=O) groups is 2. The Balaban J connectivity index is 0.000000296. The molecule has 3 aromatic heterocycles. The lowest BCUT2D eigenvalue weighted by molar-refractivity contribution is -0.192. The second kappa shape index (κ2) is 13.4. The van der Waals surface area contributed by atoms with E-state index in [1.807, 2.05) is 19.1 Å². The molecule has 0 aromatic carbocycles. The molecule has 0 amide bonds. The molecule has 3 aromatic rings. The third-order valence-electron chi connectivity index (χ3n) is 5.09. The summed E-state index contributed by atoms with van der Waals surface area (Å²) in [5, 5.41) is 20.0. The molecule has 0 radical (unpaired) electrons. The number of hydrogen-bond acceptors (Lipinski definition) is 10. The van der Waals surface area contributed by atoms with Crippen LogP contribution in [0, 0.1) is 13.8 Å². The summed E-state index contributed by atoms with van der Waals surface area (Å²) >= 11 is 0. The van der Waals surface area contributed by atoms with Crippen LogP contribution in [-0.2, 0) is 16.1 Å². The van der Waals surface area contributed by atoms with Crippen molar-refractivity contribution in [1.29, 1.82) is 0 Å². The average Bonchev–Trinajstić information content (AvgIpc) is 3.21. The SMILES string of the molecule is COC1CC(N)C1.Cc1ccc(-c2noc(C)c2COc2cnc(C(=O)O)cn2)cn1.O=C(O)C(F)(F)F. The van der Waals surface area contributed by atoms with Crippen molar-refractivity contribution in [1.82, 2.24) is 20.1 Å². The fourth-order valence-electron chi connectivity index (χ4n) is 2.84. The van der Waals surface area contributed by atoms with Gasteiger partial charge < -0.3 is 29.9 Å². The monoisotopic (exact) mass is 541 g/mol. The van der Waals surface area contributed by atoms with E-state index in [4.69, 9.17) is 34.7 Å². The Labute approximate surface area is 214 Å². The van der Waals surface area contributed by atoms with E-state index < -0.39 is 18.1 Å². The second-order valence-corrected chi connectivity index (χ2v) is 7.98. The van der Waals surface area contributed by atoms with E-state index in [-0.39, 0.29) is 18.2 Å². The third-order valence-corrected chi connectivity index (χ3v) is 5.09. The van der Waals surface area contributed by atoms with Crippen molar-refractivity contribution in [3.05, 3.63) is 53.4 Å². The molecule has 1 aliphatic carbocycles. The standard InChI is InChI=1S/C16H14N4O4.C5H11NO.C2HF3O2/c1-9-3-4-11(5-17-9)15-12(10(2)24-20-15)8-23-14-7-18-13(6-19-14)16(21)22;1-7-5-2-4(6)3-5;3-2(4,5)1(6)7/h3-7H,8H2,1-2H3,(H,21,22);4-5H,2-3,6H2,1H3;(H,6,7). The van der Waals surface area contributed by atoms with Crippen LogP contribution in [0.3, 0.4) is 0 Å². The second-order valence-electron chi connectivity index (χ2n) is 7.98. The number of aryl methyl sites for hydroxylation is 2. The first-order chi connectivity index (χ1) is 17.8. The number of pyridine rings is 1. The fraction of sp³-hybridized carbons (Fsp3) is 0.391. The number of nitrogens with two attached hydrogens (primary N) is 1. The normalized spacial score (nSPS) is 16.2. The summed E-state index contributed by atoms with van der Waals surface area (Å²) in [5.74, 6) is -3.06. The summed E-state index contributed by atoms with van der Waals surface area (Å²) in [7, 11) is 1.73. The first-order valence-electron chi connectivity index (χ1n) is 11.0. The third kappa shape index (κ3) is 9.08. The van der Waals surface area contributed by atoms with Crippen molar-refractivity contribution >= 4 is 11.9 Å². The van der Waals surface area contributed by atoms with Gasteiger partial charge >= 0.3 is 18.1 Å². The van der Waals surface area contributed by atoms with Crippen LogP contribution >= 0.6 is 0 Å². The predicted molar refractivity (Wildman–Crippen MR) is 124 cm³/mol. The van der Waals surface area contributed by atoms with E-state index in [1.165, 1.54) is 6.20 Å². The van der Waals surface area contributed by atoms with Gasteiger partial charge in [-0.2, -0.15) is 13.2 Å². The molecule has 0 unspecified atom stereocenters. The number of methoxy groups -OCH3 is 1. The van der Waals surface area contributed by atoms with Crippen molar-refractivity contribution in [3.8, 4) is 17.1 Å². The van der Waals surface area contributed by atoms with Crippen LogP contribution < -0.4 is 10.5 Å². The number of rotatable bonds is 6. The van der Waals surface area contributed by atoms with Gasteiger partial charge in [0.15, 0.2) is 5.69 Å². The summed E-state index contributed by atoms with van der Waals surface area (Å²) in [4.78, 5) is 31.6. The Bertz CT molecular complexity index is 1200. The molecule has 1 aliphatic rings. The van der Waals surface area contributed by atoms with Gasteiger partial charge in [-0.3, -0.25) is 4.98 Å². The maximum atomic E-state index is 10.8. The van der Waals surface area contributed by atoms with Gasteiger partial charge in [0.2, 0.25) is 5.88 Å². The first-order valence-corrected chi connectivity index (χ1v) is 11.0. The highest BCUT2D eigenvalue weighted by molar-refractivity contribution is 5.84. The van der Waals surface area contributed by atoms with Gasteiger partial charge in [0, 0.05) is 30.6 Å². The van der Waals surface area contributed by atoms with Crippen LogP contribution in [0.15, 0.2) is 35.2 Å². The molecule has 12 nitrogen and oxygen atoms in total. The quantitative estimate of drug-likeness (QED) is 0.415. The highest BCUT2D eigenvalue weighted by atomic mass is 19.4. The maximum Gasteiger partial charge on any atom is 0.490 e. The van der Waals surface area contributed by atoms with Crippen LogP contribution in [0.2, 0.25) is 0 Å². The molecule has 0 saturated heterocycles. The van der Waals surface area contributed by atoms with Crippen molar-refractivity contribution in [2.24, 2.45) is 5.73 Å². The van der Waals surface area contributed by atoms with Gasteiger partial charge in [0.05, 0.1) is 24.1 Å². The van der Waals surface area contributed by atoms with Crippen molar-refractivity contribution in [2.75, 3.05) is 7.11 Å². The minimum atomic E-state index is -5.08. The van der Waals surface area contributed by atoms with Crippen molar-refractivity contribution in [2.45, 2.75) is 51.6 Å². The van der Waals surface area contributed by atoms with Crippen LogP contribution in [0.25, 0.3) is 11.3 Å². The number of aliphatic carboxylic acids is 1. The minimum absolute atomic E-state index is 0.144. The number of halogens is 3. The summed E-state index contributed by atoms with van der Waals surface area (Å²) in [6.07, 6.45) is 1.61. The van der Waals surface area contributed by atoms with Crippen molar-refractivity contribution < 1.29 is 47.0 Å². The van der Waals surface area contributed by atoms with E-state index in [2.05, 4.69) is 20.1 Å². The van der Waals surface area contributed by atoms with Crippen molar-refractivity contribution in [3.63, 3.8) is 0 Å². The van der Waals surface area contributed by atoms with E-state index in [9.17, 15) is 18.0 Å². The van der Waals surface area contributed by atoms with E-state index in [0.717, 1.165) is 35.9 Å². The molecule has 4 N–H and O–H groups in total. The number of ether oxygens (including phenoxy) is 2. The highest BCUT2D eigenvalue weighted by Gasteiger charge is 2.38. The Morgan fingerprint density at radius 3 is 2.18 bits per heavy atom. The molecule has 0 aliphatic heterocycles. The van der Waals surface area contributed by atoms with E-state index >= 15 is 0 Å². The van der Waals surface area contributed by atoms with Gasteiger partial charge in [0.1, 0.15) is 18.1 Å². The number of carboxylic acid groups (broad SMARTS) is 2. The molecule has 15 heteroatoms. The maximum absolute atomic E-state index is 10.8. The number of carboxylic acids is 2. The van der Waals surface area contributed by atoms with E-state index in [0.29, 0.717) is 23.6 Å². The lowest BCUT2D eigenvalue weighted by Crippen LogP contribution is -2.40. The van der Waals surface area contributed by atoms with Gasteiger partial charge in [-0.05, 0) is 38.8 Å². The van der Waals surface area contributed by atoms with Crippen LogP contribution in [0.5, 0.6) is 5.88 Å². The first kappa shape index (κ1) is 30.1. The van der Waals surface area contributed by atoms with Gasteiger partial charge in [-0.15, -0.1) is 0 Å². The van der Waals surface area contributed by atoms with Crippen LogP contribution in [0.1, 0.15) is 40.3 Å². The van der Waals surface area contributed by atoms with Gasteiger partial charge in [-0.25, -0.2) is 19.6 Å². The number of nitrogens with zero attached hydrogens (tertiary/aromatic N) is 4. The molecule has 1 fully saturated rings. The predicted octanol–water partition coefficient (Wildman–Crippen LogP) is 3.18. The van der Waals surface area contributed by atoms with Crippen LogP contribution in [-0.4, -0.2) is 67.7 Å². The van der Waals surface area contributed by atoms with E-state index in [1.54, 1.807) is 20.2 Å². The Morgan fingerprint density at radius 1 is 1.11 bits per heavy atom. The minimum Gasteiger partial charge on any atom is -0.476 e. The molecule has 0 atom stereocenters. The Hall–Kier alpha value is -4.11. The molecule has 3 heterocycles. The molecular weight excluding hydrogens is 515 g/mol. The van der Waals surface area contributed by atoms with Gasteiger partial charge in [-0.1, -0.05) is 5.16 Å². The zero-order valence-electron chi connectivity index (χ0n) is 20.6. The number of hydrogen-bond donors (Lipinski definition) is 3. The summed E-state index contributed by atoms with van der Waals surface area (Å²) < 4.78 is 47.5. The zero-order chi connectivity index (χ0) is 28.5. The molecule has 1 saturated carbocycles. The Kier molecular flexibility index (Phi) is 10.7. The summed E-state index contributed by atoms with van der Waals surface area (Å²) in [6, 6.07) is 4.22. The molecular formula is C23H26F3N5O7. The summed E-state index contributed by atoms with van der Waals surface area (Å²) in [5.41, 5.74) is 8.47. The lowest BCUT2D eigenvalue weighted by Gasteiger charge is -2.30. The molecule has 38 heavy (non-hydrogen) atoms. The lowest BCUT2D eigenvalue weighted by atomic mass is 9.90. The van der Waals surface area contributed by atoms with Crippen LogP contribution in [0.4, 0.5) is 13.2 Å². The smallest absolute Gasteiger partial charge is 0.476 e. The zero-order valence-corrected chi connectivity index (χ0v) is 20.6. The highest BCUT2D eigenvalue weighted by Crippen LogP contribution is 2.26. The molecule has 0 spiro atoms. The largest absolute Gasteiger partial charge is 0.490 e. The Morgan fingerprint density at radius 2 is 1.76 bits per heavy atom. The molecule has 0 bridgehead atoms. The number of alkyl halides is 3. The molecule has 206 valence electrons. The topological polar surface area (TPSA) is 184 Å². The fourth-order valence-corrected chi connectivity index (χ4v) is 2.84. The number of aromatic carboxylic acids is 1. The summed E-state index contributed by atoms with van der Waals surface area (Å²) in [6.45, 7) is 3.86. The number of aromatic nitrogens is 4. The van der Waals surface area contributed by atoms with Gasteiger partial charge in [0.25, 0.3) is 0 Å². The average molecular weight is 541 g/mol. The molecule has 4 rings (SSSR count).